The first-order valence-electron chi connectivity index (χ1n) is 5.62. The second-order valence-corrected chi connectivity index (χ2v) is 4.62. The second-order valence-electron chi connectivity index (χ2n) is 4.62. The van der Waals surface area contributed by atoms with Gasteiger partial charge in [0.2, 0.25) is 0 Å². The number of likely N-dealkylation sites (N-methyl/N-ethyl adjacent to an activating group) is 1. The summed E-state index contributed by atoms with van der Waals surface area (Å²) < 4.78 is 0. The van der Waals surface area contributed by atoms with Crippen LogP contribution in [0.25, 0.3) is 0 Å². The Morgan fingerprint density at radius 1 is 1.13 bits per heavy atom. The number of halogens is 2. The van der Waals surface area contributed by atoms with Gasteiger partial charge >= 0.3 is 0 Å². The predicted molar refractivity (Wildman–Crippen MR) is 72.5 cm³/mol. The highest BCUT2D eigenvalue weighted by Crippen LogP contribution is 2.11. The number of nitrogens with one attached hydrogen (secondary N) is 1. The molecular formula is C11H26Cl2N2. The van der Waals surface area contributed by atoms with Gasteiger partial charge in [-0.3, -0.25) is 0 Å². The Balaban J connectivity index is 0. The molecule has 94 valence electrons. The molecule has 1 aliphatic heterocycles. The van der Waals surface area contributed by atoms with Crippen molar-refractivity contribution in [1.82, 2.24) is 10.2 Å². The van der Waals surface area contributed by atoms with Gasteiger partial charge in [0.1, 0.15) is 0 Å². The molecule has 1 N–H and O–H groups in total. The van der Waals surface area contributed by atoms with Crippen molar-refractivity contribution in [3.63, 3.8) is 0 Å². The molecule has 1 heterocycles. The quantitative estimate of drug-likeness (QED) is 0.814. The maximum atomic E-state index is 3.42. The number of likely N-dealkylation sites (tertiary alicyclic amines) is 1. The van der Waals surface area contributed by atoms with Crippen molar-refractivity contribution >= 4 is 24.8 Å². The Morgan fingerprint density at radius 3 is 2.07 bits per heavy atom. The van der Waals surface area contributed by atoms with E-state index >= 15 is 0 Å². The van der Waals surface area contributed by atoms with Crippen molar-refractivity contribution in [3.05, 3.63) is 0 Å². The molecule has 0 spiro atoms. The van der Waals surface area contributed by atoms with Gasteiger partial charge in [0.05, 0.1) is 0 Å². The summed E-state index contributed by atoms with van der Waals surface area (Å²) in [4.78, 5) is 2.59. The van der Waals surface area contributed by atoms with Crippen molar-refractivity contribution in [1.29, 1.82) is 0 Å². The standard InChI is InChI=1S/C11H24N2.2ClH/c1-10(2)8-11(12-3)9-13-6-4-5-7-13;;/h10-12H,4-9H2,1-3H3;2*1H. The van der Waals surface area contributed by atoms with E-state index in [0.29, 0.717) is 6.04 Å². The zero-order valence-corrected chi connectivity index (χ0v) is 11.8. The summed E-state index contributed by atoms with van der Waals surface area (Å²) in [5.74, 6) is 0.806. The molecule has 1 fully saturated rings. The van der Waals surface area contributed by atoms with Gasteiger partial charge < -0.3 is 10.2 Å². The van der Waals surface area contributed by atoms with E-state index < -0.39 is 0 Å². The summed E-state index contributed by atoms with van der Waals surface area (Å²) >= 11 is 0. The van der Waals surface area contributed by atoms with Crippen LogP contribution in [0, 0.1) is 5.92 Å². The first kappa shape index (κ1) is 17.9. The van der Waals surface area contributed by atoms with Crippen molar-refractivity contribution < 1.29 is 0 Å². The summed E-state index contributed by atoms with van der Waals surface area (Å²) in [5.41, 5.74) is 0. The van der Waals surface area contributed by atoms with Gasteiger partial charge in [0.25, 0.3) is 0 Å². The van der Waals surface area contributed by atoms with Gasteiger partial charge in [-0.1, -0.05) is 13.8 Å². The molecule has 0 aromatic heterocycles. The number of nitrogens with zero attached hydrogens (tertiary/aromatic N) is 1. The molecule has 0 amide bonds. The molecule has 0 radical (unpaired) electrons. The topological polar surface area (TPSA) is 15.3 Å². The highest BCUT2D eigenvalue weighted by molar-refractivity contribution is 5.85. The summed E-state index contributed by atoms with van der Waals surface area (Å²) in [6.45, 7) is 8.48. The van der Waals surface area contributed by atoms with Crippen LogP contribution in [0.3, 0.4) is 0 Å². The fraction of sp³-hybridized carbons (Fsp3) is 1.00. The highest BCUT2D eigenvalue weighted by atomic mass is 35.5. The summed E-state index contributed by atoms with van der Waals surface area (Å²) in [6, 6.07) is 0.693. The second kappa shape index (κ2) is 9.71. The van der Waals surface area contributed by atoms with Gasteiger partial charge in [-0.05, 0) is 45.3 Å². The van der Waals surface area contributed by atoms with Gasteiger partial charge in [-0.25, -0.2) is 0 Å². The van der Waals surface area contributed by atoms with Gasteiger partial charge in [0.15, 0.2) is 0 Å². The van der Waals surface area contributed by atoms with E-state index in [2.05, 4.69) is 31.1 Å². The minimum absolute atomic E-state index is 0. The average Bonchev–Trinajstić information content (AvgIpc) is 2.55. The molecule has 0 aliphatic carbocycles. The maximum Gasteiger partial charge on any atom is 0.0194 e. The Kier molecular flexibility index (Phi) is 11.6. The molecule has 0 aromatic carbocycles. The third-order valence-electron chi connectivity index (χ3n) is 2.84. The molecule has 1 aliphatic rings. The minimum atomic E-state index is 0. The zero-order valence-electron chi connectivity index (χ0n) is 10.2. The Hall–Kier alpha value is 0.500. The van der Waals surface area contributed by atoms with Crippen molar-refractivity contribution in [2.45, 2.75) is 39.2 Å². The van der Waals surface area contributed by atoms with E-state index in [-0.39, 0.29) is 24.8 Å². The van der Waals surface area contributed by atoms with Gasteiger partial charge in [-0.15, -0.1) is 24.8 Å². The molecular weight excluding hydrogens is 231 g/mol. The molecule has 0 aromatic rings. The van der Waals surface area contributed by atoms with Crippen LogP contribution in [-0.4, -0.2) is 37.6 Å². The molecule has 15 heavy (non-hydrogen) atoms. The lowest BCUT2D eigenvalue weighted by molar-refractivity contribution is 0.276. The van der Waals surface area contributed by atoms with Gasteiger partial charge in [-0.2, -0.15) is 0 Å². The molecule has 0 saturated carbocycles. The van der Waals surface area contributed by atoms with Crippen LogP contribution in [0.1, 0.15) is 33.1 Å². The molecule has 1 atom stereocenters. The molecule has 1 rings (SSSR count). The number of hydrogen-bond acceptors (Lipinski definition) is 2. The fourth-order valence-corrected chi connectivity index (χ4v) is 2.13. The van der Waals surface area contributed by atoms with Crippen molar-refractivity contribution in [3.8, 4) is 0 Å². The van der Waals surface area contributed by atoms with Crippen LogP contribution in [0.15, 0.2) is 0 Å². The van der Waals surface area contributed by atoms with E-state index in [1.165, 1.54) is 38.9 Å². The van der Waals surface area contributed by atoms with Crippen LogP contribution >= 0.6 is 24.8 Å². The first-order valence-corrected chi connectivity index (χ1v) is 5.62. The van der Waals surface area contributed by atoms with Crippen LogP contribution in [0.4, 0.5) is 0 Å². The number of hydrogen-bond donors (Lipinski definition) is 1. The van der Waals surface area contributed by atoms with Crippen LogP contribution in [0.2, 0.25) is 0 Å². The molecule has 1 unspecified atom stereocenters. The largest absolute Gasteiger partial charge is 0.316 e. The average molecular weight is 257 g/mol. The Morgan fingerprint density at radius 2 is 1.67 bits per heavy atom. The number of rotatable bonds is 5. The van der Waals surface area contributed by atoms with Crippen LogP contribution in [-0.2, 0) is 0 Å². The van der Waals surface area contributed by atoms with Crippen LogP contribution < -0.4 is 5.32 Å². The van der Waals surface area contributed by atoms with E-state index in [0.717, 1.165) is 5.92 Å². The molecule has 1 saturated heterocycles. The van der Waals surface area contributed by atoms with E-state index in [4.69, 9.17) is 0 Å². The maximum absolute atomic E-state index is 3.42. The third kappa shape index (κ3) is 7.40. The van der Waals surface area contributed by atoms with Crippen molar-refractivity contribution in [2.75, 3.05) is 26.7 Å². The Bertz CT molecular complexity index is 137. The monoisotopic (exact) mass is 256 g/mol. The lowest BCUT2D eigenvalue weighted by atomic mass is 10.0. The molecule has 0 bridgehead atoms. The third-order valence-corrected chi connectivity index (χ3v) is 2.84. The van der Waals surface area contributed by atoms with E-state index in [9.17, 15) is 0 Å². The lowest BCUT2D eigenvalue weighted by Gasteiger charge is -2.24. The molecule has 4 heteroatoms. The fourth-order valence-electron chi connectivity index (χ4n) is 2.13. The summed E-state index contributed by atoms with van der Waals surface area (Å²) in [5, 5.41) is 3.42. The minimum Gasteiger partial charge on any atom is -0.316 e. The van der Waals surface area contributed by atoms with Crippen LogP contribution in [0.5, 0.6) is 0 Å². The SMILES string of the molecule is CNC(CC(C)C)CN1CCCC1.Cl.Cl. The first-order chi connectivity index (χ1) is 6.22. The summed E-state index contributed by atoms with van der Waals surface area (Å²) in [7, 11) is 2.09. The van der Waals surface area contributed by atoms with Crippen molar-refractivity contribution in [2.24, 2.45) is 5.92 Å². The summed E-state index contributed by atoms with van der Waals surface area (Å²) in [6.07, 6.45) is 4.10. The normalized spacial score (nSPS) is 18.4. The molecule has 2 nitrogen and oxygen atoms in total. The zero-order chi connectivity index (χ0) is 9.68. The van der Waals surface area contributed by atoms with Gasteiger partial charge in [0, 0.05) is 12.6 Å². The Labute approximate surface area is 107 Å². The smallest absolute Gasteiger partial charge is 0.0194 e. The lowest BCUT2D eigenvalue weighted by Crippen LogP contribution is -2.39. The van der Waals surface area contributed by atoms with E-state index in [1.807, 2.05) is 0 Å². The van der Waals surface area contributed by atoms with E-state index in [1.54, 1.807) is 0 Å². The predicted octanol–water partition coefficient (Wildman–Crippen LogP) is 2.56. The highest BCUT2D eigenvalue weighted by Gasteiger charge is 2.16.